The predicted octanol–water partition coefficient (Wildman–Crippen LogP) is 4.20. The number of aliphatic carboxylic acids is 4. The van der Waals surface area contributed by atoms with Crippen molar-refractivity contribution in [3.63, 3.8) is 0 Å². The van der Waals surface area contributed by atoms with Gasteiger partial charge < -0.3 is 30.1 Å². The largest absolute Gasteiger partial charge is 0.494 e. The lowest BCUT2D eigenvalue weighted by Crippen LogP contribution is -2.54. The molecule has 0 amide bonds. The van der Waals surface area contributed by atoms with Crippen LogP contribution in [0.2, 0.25) is 0 Å². The highest BCUT2D eigenvalue weighted by atomic mass is 16.5. The molecule has 12 heteroatoms. The third-order valence-electron chi connectivity index (χ3n) is 7.91. The Morgan fingerprint density at radius 1 is 0.689 bits per heavy atom. The maximum atomic E-state index is 12.6. The lowest BCUT2D eigenvalue weighted by Gasteiger charge is -2.44. The van der Waals surface area contributed by atoms with Crippen LogP contribution in [0, 0.1) is 5.92 Å². The van der Waals surface area contributed by atoms with Crippen LogP contribution >= 0.6 is 0 Å². The minimum atomic E-state index is -1.26. The number of piperidine rings is 1. The number of hydrogen-bond donors (Lipinski definition) is 4. The van der Waals surface area contributed by atoms with E-state index in [0.29, 0.717) is 30.1 Å². The molecule has 1 saturated carbocycles. The number of carboxylic acid groups (broad SMARTS) is 4. The van der Waals surface area contributed by atoms with Gasteiger partial charge in [-0.25, -0.2) is 19.2 Å². The minimum absolute atomic E-state index is 0.242. The van der Waals surface area contributed by atoms with Crippen LogP contribution in [0.25, 0.3) is 0 Å². The number of unbranched alkanes of at least 4 members (excludes halogenated alkanes) is 1. The maximum Gasteiger partial charge on any atom is 0.328 e. The maximum absolute atomic E-state index is 12.6. The molecular weight excluding hydrogens is 584 g/mol. The Kier molecular flexibility index (Phi) is 17.2. The summed E-state index contributed by atoms with van der Waals surface area (Å²) in [5.74, 6) is -3.57. The third-order valence-corrected chi connectivity index (χ3v) is 7.91. The zero-order valence-corrected chi connectivity index (χ0v) is 25.7. The molecule has 45 heavy (non-hydrogen) atoms. The molecule has 3 aliphatic rings. The van der Waals surface area contributed by atoms with Gasteiger partial charge in [0.1, 0.15) is 5.75 Å². The molecule has 2 heterocycles. The van der Waals surface area contributed by atoms with Gasteiger partial charge in [-0.1, -0.05) is 25.7 Å². The molecule has 12 nitrogen and oxygen atoms in total. The average molecular weight is 631 g/mol. The Morgan fingerprint density at radius 3 is 1.80 bits per heavy atom. The first-order valence-electron chi connectivity index (χ1n) is 15.6. The summed E-state index contributed by atoms with van der Waals surface area (Å²) in [4.78, 5) is 56.2. The summed E-state index contributed by atoms with van der Waals surface area (Å²) < 4.78 is 5.92. The second kappa shape index (κ2) is 20.8. The van der Waals surface area contributed by atoms with Gasteiger partial charge in [0.05, 0.1) is 6.61 Å². The van der Waals surface area contributed by atoms with E-state index in [1.165, 1.54) is 77.7 Å². The zero-order valence-electron chi connectivity index (χ0n) is 25.7. The lowest BCUT2D eigenvalue weighted by molar-refractivity contribution is -0.134. The van der Waals surface area contributed by atoms with Crippen molar-refractivity contribution in [3.8, 4) is 5.75 Å². The van der Waals surface area contributed by atoms with Crippen LogP contribution in [0.5, 0.6) is 5.75 Å². The first kappa shape index (κ1) is 37.2. The van der Waals surface area contributed by atoms with Crippen LogP contribution in [0.1, 0.15) is 74.6 Å². The minimum Gasteiger partial charge on any atom is -0.494 e. The topological polar surface area (TPSA) is 182 Å². The zero-order chi connectivity index (χ0) is 33.0. The summed E-state index contributed by atoms with van der Waals surface area (Å²) in [5.41, 5.74) is 0.853. The van der Waals surface area contributed by atoms with Crippen molar-refractivity contribution in [3.05, 3.63) is 54.1 Å². The number of benzene rings is 1. The summed E-state index contributed by atoms with van der Waals surface area (Å²) in [5, 5.41) is 31.2. The normalized spacial score (nSPS) is 19.0. The number of carbonyl (C=O) groups is 5. The van der Waals surface area contributed by atoms with Crippen molar-refractivity contribution in [2.75, 3.05) is 39.3 Å². The Labute approximate surface area is 264 Å². The van der Waals surface area contributed by atoms with E-state index in [-0.39, 0.29) is 5.92 Å². The Morgan fingerprint density at radius 2 is 1.24 bits per heavy atom. The fourth-order valence-electron chi connectivity index (χ4n) is 5.65. The molecule has 1 aromatic rings. The van der Waals surface area contributed by atoms with E-state index in [0.717, 1.165) is 43.2 Å². The highest BCUT2D eigenvalue weighted by Gasteiger charge is 2.28. The molecule has 2 saturated heterocycles. The number of hydrogen-bond acceptors (Lipinski definition) is 8. The second-order valence-corrected chi connectivity index (χ2v) is 11.3. The molecule has 2 aliphatic heterocycles. The predicted molar refractivity (Wildman–Crippen MR) is 167 cm³/mol. The van der Waals surface area contributed by atoms with Gasteiger partial charge in [-0.2, -0.15) is 0 Å². The molecular formula is C33H46N2O10. The number of ether oxygens (including phenoxy) is 1. The molecule has 0 aromatic heterocycles. The monoisotopic (exact) mass is 630 g/mol. The highest BCUT2D eigenvalue weighted by molar-refractivity contribution is 5.98. The smallest absolute Gasteiger partial charge is 0.328 e. The summed E-state index contributed by atoms with van der Waals surface area (Å²) in [6.07, 6.45) is 14.5. The number of nitrogens with zero attached hydrogens (tertiary/aromatic N) is 2. The molecule has 248 valence electrons. The van der Waals surface area contributed by atoms with Crippen molar-refractivity contribution in [2.45, 2.75) is 70.3 Å². The van der Waals surface area contributed by atoms with Crippen molar-refractivity contribution < 1.29 is 49.1 Å². The van der Waals surface area contributed by atoms with Gasteiger partial charge in [0.25, 0.3) is 0 Å². The van der Waals surface area contributed by atoms with Crippen LogP contribution in [0.3, 0.4) is 0 Å². The van der Waals surface area contributed by atoms with Gasteiger partial charge in [0.2, 0.25) is 0 Å². The Bertz CT molecular complexity index is 1090. The number of piperazine rings is 1. The lowest BCUT2D eigenvalue weighted by atomic mass is 9.84. The number of fused-ring (bicyclic) bond motifs is 1. The number of rotatable bonds is 12. The van der Waals surface area contributed by atoms with Crippen LogP contribution < -0.4 is 4.74 Å². The summed E-state index contributed by atoms with van der Waals surface area (Å²) in [6, 6.07) is 8.66. The van der Waals surface area contributed by atoms with Crippen molar-refractivity contribution in [2.24, 2.45) is 5.92 Å². The van der Waals surface area contributed by atoms with Crippen molar-refractivity contribution in [1.82, 2.24) is 9.80 Å². The Balaban J connectivity index is 0.000000365. The van der Waals surface area contributed by atoms with Gasteiger partial charge in [0, 0.05) is 61.5 Å². The van der Waals surface area contributed by atoms with E-state index in [1.54, 1.807) is 0 Å². The fourth-order valence-corrected chi connectivity index (χ4v) is 5.65. The summed E-state index contributed by atoms with van der Waals surface area (Å²) in [7, 11) is 0. The van der Waals surface area contributed by atoms with E-state index >= 15 is 0 Å². The molecule has 1 atom stereocenters. The molecule has 0 spiro atoms. The van der Waals surface area contributed by atoms with Crippen LogP contribution in [0.15, 0.2) is 48.6 Å². The van der Waals surface area contributed by atoms with Crippen LogP contribution in [-0.2, 0) is 19.2 Å². The van der Waals surface area contributed by atoms with Crippen molar-refractivity contribution in [1.29, 1.82) is 0 Å². The fraction of sp³-hybridized carbons (Fsp3) is 0.545. The van der Waals surface area contributed by atoms with Gasteiger partial charge in [-0.05, 0) is 75.9 Å². The third kappa shape index (κ3) is 16.0. The average Bonchev–Trinajstić information content (AvgIpc) is 3.03. The van der Waals surface area contributed by atoms with Crippen LogP contribution in [0.4, 0.5) is 0 Å². The standard InChI is InChI=1S/C25H38N2O2.2C4H4O4/c28-25(21-8-2-1-3-9-21)22-11-13-24(14-12-22)29-19-7-6-15-26-17-18-27-16-5-4-10-23(27)20-26;2*5-3(6)1-2-4(7)8/h11-14,21,23H,1-10,15-20H2;2*1-2H,(H,5,6)(H,7,8). The molecule has 3 fully saturated rings. The van der Waals surface area contributed by atoms with Gasteiger partial charge >= 0.3 is 23.9 Å². The second-order valence-electron chi connectivity index (χ2n) is 11.3. The number of Topliss-reactive ketones (excluding diaryl/α,β-unsaturated/α-hetero) is 1. The molecule has 0 radical (unpaired) electrons. The number of carbonyl (C=O) groups excluding carboxylic acids is 1. The first-order valence-corrected chi connectivity index (χ1v) is 15.6. The number of ketones is 1. The van der Waals surface area contributed by atoms with E-state index in [1.807, 2.05) is 24.3 Å². The van der Waals surface area contributed by atoms with Gasteiger partial charge in [0.15, 0.2) is 5.78 Å². The van der Waals surface area contributed by atoms with Crippen molar-refractivity contribution >= 4 is 29.7 Å². The Hall–Kier alpha value is -4.03. The summed E-state index contributed by atoms with van der Waals surface area (Å²) >= 11 is 0. The molecule has 1 aliphatic carbocycles. The molecule has 4 N–H and O–H groups in total. The highest BCUT2D eigenvalue weighted by Crippen LogP contribution is 2.27. The quantitative estimate of drug-likeness (QED) is 0.147. The van der Waals surface area contributed by atoms with Crippen LogP contribution in [-0.4, -0.2) is 105 Å². The summed E-state index contributed by atoms with van der Waals surface area (Å²) in [6.45, 7) is 7.03. The molecule has 4 rings (SSSR count). The molecule has 1 aromatic carbocycles. The van der Waals surface area contributed by atoms with E-state index < -0.39 is 23.9 Å². The van der Waals surface area contributed by atoms with E-state index in [4.69, 9.17) is 25.2 Å². The van der Waals surface area contributed by atoms with E-state index in [9.17, 15) is 24.0 Å². The molecule has 1 unspecified atom stereocenters. The van der Waals surface area contributed by atoms with E-state index in [2.05, 4.69) is 9.80 Å². The van der Waals surface area contributed by atoms with Gasteiger partial charge in [-0.3, -0.25) is 9.69 Å². The van der Waals surface area contributed by atoms with Gasteiger partial charge in [-0.15, -0.1) is 0 Å². The number of carboxylic acids is 4. The molecule has 0 bridgehead atoms. The SMILES string of the molecule is O=C(O)C=CC(=O)O.O=C(O)C=CC(=O)O.O=C(c1ccc(OCCCCN2CCN3CCCCC3C2)cc1)C1CCCCC1. The first-order chi connectivity index (χ1) is 21.5.